The van der Waals surface area contributed by atoms with Crippen LogP contribution < -0.4 is 0 Å². The molecule has 1 saturated heterocycles. The average molecular weight is 338 g/mol. The first-order valence-corrected chi connectivity index (χ1v) is 7.57. The largest absolute Gasteiger partial charge is 0.444 e. The molecule has 2 aromatic heterocycles. The summed E-state index contributed by atoms with van der Waals surface area (Å²) in [6, 6.07) is 5.55. The average Bonchev–Trinajstić information content (AvgIpc) is 3.10. The van der Waals surface area contributed by atoms with Crippen molar-refractivity contribution in [1.82, 2.24) is 14.7 Å². The number of nitrogens with zero attached hydrogens (tertiary/aromatic N) is 3. The van der Waals surface area contributed by atoms with Gasteiger partial charge in [-0.1, -0.05) is 0 Å². The van der Waals surface area contributed by atoms with Gasteiger partial charge in [-0.3, -0.25) is 9.48 Å². The number of rotatable bonds is 3. The van der Waals surface area contributed by atoms with E-state index in [-0.39, 0.29) is 11.9 Å². The van der Waals surface area contributed by atoms with Gasteiger partial charge in [-0.05, 0) is 53.4 Å². The van der Waals surface area contributed by atoms with Crippen molar-refractivity contribution in [3.05, 3.63) is 41.0 Å². The Kier molecular flexibility index (Phi) is 3.91. The van der Waals surface area contributed by atoms with Gasteiger partial charge in [-0.15, -0.1) is 0 Å². The highest BCUT2D eigenvalue weighted by Gasteiger charge is 2.29. The Balaban J connectivity index is 1.76. The van der Waals surface area contributed by atoms with Crippen LogP contribution in [0.15, 0.2) is 39.7 Å². The number of likely N-dealkylation sites (tertiary alicyclic amines) is 1. The summed E-state index contributed by atoms with van der Waals surface area (Å²) in [5.74, 6) is 0.358. The number of carbonyl (C=O) groups is 1. The highest BCUT2D eigenvalue weighted by molar-refractivity contribution is 9.10. The summed E-state index contributed by atoms with van der Waals surface area (Å²) < 4.78 is 7.85. The molecular formula is C14H16BrN3O2. The predicted molar refractivity (Wildman–Crippen MR) is 77.3 cm³/mol. The van der Waals surface area contributed by atoms with Crippen LogP contribution in [0.25, 0.3) is 0 Å². The van der Waals surface area contributed by atoms with Crippen LogP contribution in [-0.4, -0.2) is 33.2 Å². The molecular weight excluding hydrogens is 322 g/mol. The summed E-state index contributed by atoms with van der Waals surface area (Å²) in [6.07, 6.45) is 6.90. The Hall–Kier alpha value is -1.56. The zero-order chi connectivity index (χ0) is 13.9. The van der Waals surface area contributed by atoms with Gasteiger partial charge in [0.1, 0.15) is 0 Å². The summed E-state index contributed by atoms with van der Waals surface area (Å²) in [7, 11) is 0. The second-order valence-electron chi connectivity index (χ2n) is 4.98. The van der Waals surface area contributed by atoms with E-state index in [1.54, 1.807) is 18.3 Å². The van der Waals surface area contributed by atoms with Gasteiger partial charge >= 0.3 is 0 Å². The molecule has 2 aromatic rings. The Morgan fingerprint density at radius 3 is 3.05 bits per heavy atom. The fourth-order valence-corrected chi connectivity index (χ4v) is 2.96. The smallest absolute Gasteiger partial charge is 0.289 e. The fourth-order valence-electron chi connectivity index (χ4n) is 2.65. The molecule has 1 fully saturated rings. The Labute approximate surface area is 125 Å². The first-order chi connectivity index (χ1) is 9.74. The van der Waals surface area contributed by atoms with Gasteiger partial charge in [0.25, 0.3) is 5.91 Å². The lowest BCUT2D eigenvalue weighted by atomic mass is 10.0. The molecule has 6 heteroatoms. The van der Waals surface area contributed by atoms with Crippen molar-refractivity contribution < 1.29 is 9.21 Å². The summed E-state index contributed by atoms with van der Waals surface area (Å²) in [6.45, 7) is 1.52. The Morgan fingerprint density at radius 2 is 2.35 bits per heavy atom. The molecule has 1 aliphatic rings. The van der Waals surface area contributed by atoms with E-state index >= 15 is 0 Å². The lowest BCUT2D eigenvalue weighted by Gasteiger charge is -2.35. The van der Waals surface area contributed by atoms with Crippen molar-refractivity contribution in [3.63, 3.8) is 0 Å². The van der Waals surface area contributed by atoms with Crippen LogP contribution in [0.1, 0.15) is 29.8 Å². The summed E-state index contributed by atoms with van der Waals surface area (Å²) in [5, 5.41) is 4.23. The second-order valence-corrected chi connectivity index (χ2v) is 5.76. The fraction of sp³-hybridized carbons (Fsp3) is 0.429. The molecule has 0 unspecified atom stereocenters. The van der Waals surface area contributed by atoms with Crippen LogP contribution in [0.4, 0.5) is 0 Å². The molecule has 0 aromatic carbocycles. The zero-order valence-corrected chi connectivity index (χ0v) is 12.6. The molecule has 0 radical (unpaired) electrons. The molecule has 1 amide bonds. The molecule has 20 heavy (non-hydrogen) atoms. The summed E-state index contributed by atoms with van der Waals surface area (Å²) >= 11 is 3.24. The second kappa shape index (κ2) is 5.83. The molecule has 5 nitrogen and oxygen atoms in total. The minimum Gasteiger partial charge on any atom is -0.444 e. The Bertz CT molecular complexity index is 579. The molecule has 0 aliphatic carbocycles. The van der Waals surface area contributed by atoms with Gasteiger partial charge in [-0.2, -0.15) is 5.10 Å². The molecule has 106 valence electrons. The van der Waals surface area contributed by atoms with E-state index in [9.17, 15) is 4.79 Å². The van der Waals surface area contributed by atoms with Crippen LogP contribution >= 0.6 is 15.9 Å². The van der Waals surface area contributed by atoms with E-state index in [0.29, 0.717) is 10.4 Å². The number of hydrogen-bond donors (Lipinski definition) is 0. The number of aromatic nitrogens is 2. The molecule has 0 N–H and O–H groups in total. The molecule has 3 heterocycles. The van der Waals surface area contributed by atoms with Crippen molar-refractivity contribution in [1.29, 1.82) is 0 Å². The van der Waals surface area contributed by atoms with Crippen LogP contribution in [0, 0.1) is 0 Å². The maximum absolute atomic E-state index is 12.5. The number of amides is 1. The first kappa shape index (κ1) is 13.4. The number of carbonyl (C=O) groups excluding carboxylic acids is 1. The Morgan fingerprint density at radius 1 is 1.45 bits per heavy atom. The van der Waals surface area contributed by atoms with E-state index < -0.39 is 0 Å². The van der Waals surface area contributed by atoms with Crippen molar-refractivity contribution >= 4 is 21.8 Å². The highest BCUT2D eigenvalue weighted by Crippen LogP contribution is 2.23. The number of hydrogen-bond acceptors (Lipinski definition) is 3. The van der Waals surface area contributed by atoms with Crippen molar-refractivity contribution in [2.45, 2.75) is 31.8 Å². The van der Waals surface area contributed by atoms with Gasteiger partial charge in [0.2, 0.25) is 0 Å². The lowest BCUT2D eigenvalue weighted by molar-refractivity contribution is 0.0550. The summed E-state index contributed by atoms with van der Waals surface area (Å²) in [4.78, 5) is 14.4. The van der Waals surface area contributed by atoms with Crippen LogP contribution in [0.2, 0.25) is 0 Å². The van der Waals surface area contributed by atoms with E-state index in [2.05, 4.69) is 21.0 Å². The van der Waals surface area contributed by atoms with E-state index in [1.807, 2.05) is 21.8 Å². The van der Waals surface area contributed by atoms with Crippen LogP contribution in [0.5, 0.6) is 0 Å². The zero-order valence-electron chi connectivity index (χ0n) is 11.0. The monoisotopic (exact) mass is 337 g/mol. The van der Waals surface area contributed by atoms with Gasteiger partial charge < -0.3 is 9.32 Å². The maximum Gasteiger partial charge on any atom is 0.289 e. The molecule has 3 rings (SSSR count). The third kappa shape index (κ3) is 2.80. The topological polar surface area (TPSA) is 51.3 Å². The molecule has 1 atom stereocenters. The van der Waals surface area contributed by atoms with E-state index in [0.717, 1.165) is 32.4 Å². The van der Waals surface area contributed by atoms with E-state index in [1.165, 1.54) is 0 Å². The minimum absolute atomic E-state index is 0.0347. The van der Waals surface area contributed by atoms with Crippen molar-refractivity contribution in [2.75, 3.05) is 6.54 Å². The van der Waals surface area contributed by atoms with Crippen LogP contribution in [0.3, 0.4) is 0 Å². The van der Waals surface area contributed by atoms with Gasteiger partial charge in [-0.25, -0.2) is 0 Å². The minimum atomic E-state index is -0.0347. The van der Waals surface area contributed by atoms with Gasteiger partial charge in [0.15, 0.2) is 10.4 Å². The SMILES string of the molecule is O=C(c1ccc(Br)o1)N1CCCC[C@H]1Cn1cccn1. The van der Waals surface area contributed by atoms with E-state index in [4.69, 9.17) is 4.42 Å². The number of furan rings is 1. The first-order valence-electron chi connectivity index (χ1n) is 6.78. The summed E-state index contributed by atoms with van der Waals surface area (Å²) in [5.41, 5.74) is 0. The third-order valence-corrected chi connectivity index (χ3v) is 4.06. The number of piperidine rings is 1. The molecule has 0 spiro atoms. The third-order valence-electron chi connectivity index (χ3n) is 3.63. The maximum atomic E-state index is 12.5. The molecule has 0 saturated carbocycles. The highest BCUT2D eigenvalue weighted by atomic mass is 79.9. The quantitative estimate of drug-likeness (QED) is 0.865. The molecule has 0 bridgehead atoms. The standard InChI is InChI=1S/C14H16BrN3O2/c15-13-6-5-12(20-13)14(19)18-9-2-1-4-11(18)10-17-8-3-7-16-17/h3,5-8,11H,1-2,4,9-10H2/t11-/m0/s1. The van der Waals surface area contributed by atoms with Crippen molar-refractivity contribution in [3.8, 4) is 0 Å². The van der Waals surface area contributed by atoms with Gasteiger partial charge in [0.05, 0.1) is 12.6 Å². The predicted octanol–water partition coefficient (Wildman–Crippen LogP) is 2.93. The normalized spacial score (nSPS) is 19.2. The lowest BCUT2D eigenvalue weighted by Crippen LogP contribution is -2.45. The van der Waals surface area contributed by atoms with Crippen LogP contribution in [-0.2, 0) is 6.54 Å². The van der Waals surface area contributed by atoms with Crippen molar-refractivity contribution in [2.24, 2.45) is 0 Å². The van der Waals surface area contributed by atoms with Gasteiger partial charge in [0, 0.05) is 18.9 Å². The molecule has 1 aliphatic heterocycles. The number of halogens is 1.